The smallest absolute Gasteiger partial charge is 0.309 e. The van der Waals surface area contributed by atoms with E-state index in [0.29, 0.717) is 42.9 Å². The van der Waals surface area contributed by atoms with Gasteiger partial charge in [-0.2, -0.15) is 0 Å². The lowest BCUT2D eigenvalue weighted by molar-refractivity contribution is -0.152. The SMILES string of the molecule is CCC1(C(=O)O)CCN(C(=O)c2cc(C)cc(Cl)c2)CC1. The zero-order valence-electron chi connectivity index (χ0n) is 12.4. The van der Waals surface area contributed by atoms with E-state index >= 15 is 0 Å². The molecule has 0 atom stereocenters. The summed E-state index contributed by atoms with van der Waals surface area (Å²) in [6, 6.07) is 5.28. The van der Waals surface area contributed by atoms with Gasteiger partial charge < -0.3 is 10.0 Å². The Hall–Kier alpha value is -1.55. The monoisotopic (exact) mass is 309 g/mol. The first-order chi connectivity index (χ1) is 9.88. The minimum absolute atomic E-state index is 0.0734. The van der Waals surface area contributed by atoms with Crippen molar-refractivity contribution in [2.45, 2.75) is 33.1 Å². The molecule has 1 saturated heterocycles. The predicted octanol–water partition coefficient (Wildman–Crippen LogP) is 3.37. The van der Waals surface area contributed by atoms with E-state index in [-0.39, 0.29) is 5.91 Å². The molecule has 1 amide bonds. The largest absolute Gasteiger partial charge is 0.481 e. The number of piperidine rings is 1. The first-order valence-electron chi connectivity index (χ1n) is 7.18. The molecule has 0 aromatic heterocycles. The summed E-state index contributed by atoms with van der Waals surface area (Å²) >= 11 is 5.99. The van der Waals surface area contributed by atoms with Crippen molar-refractivity contribution in [2.24, 2.45) is 5.41 Å². The molecule has 0 bridgehead atoms. The molecule has 21 heavy (non-hydrogen) atoms. The van der Waals surface area contributed by atoms with Gasteiger partial charge in [-0.05, 0) is 49.9 Å². The normalized spacial score (nSPS) is 17.6. The number of carboxylic acids is 1. The highest BCUT2D eigenvalue weighted by Crippen LogP contribution is 2.35. The maximum atomic E-state index is 12.5. The summed E-state index contributed by atoms with van der Waals surface area (Å²) in [4.78, 5) is 25.6. The Bertz CT molecular complexity index is 542. The van der Waals surface area contributed by atoms with Crippen molar-refractivity contribution in [1.29, 1.82) is 0 Å². The molecule has 0 unspecified atom stereocenters. The summed E-state index contributed by atoms with van der Waals surface area (Å²) in [5.41, 5.74) is 0.830. The lowest BCUT2D eigenvalue weighted by atomic mass is 9.76. The Kier molecular flexibility index (Phi) is 4.57. The van der Waals surface area contributed by atoms with Gasteiger partial charge in [0, 0.05) is 23.7 Å². The van der Waals surface area contributed by atoms with Crippen molar-refractivity contribution in [3.05, 3.63) is 34.3 Å². The number of rotatable bonds is 3. The van der Waals surface area contributed by atoms with Gasteiger partial charge in [0.2, 0.25) is 0 Å². The van der Waals surface area contributed by atoms with Crippen LogP contribution in [-0.2, 0) is 4.79 Å². The highest BCUT2D eigenvalue weighted by Gasteiger charge is 2.40. The van der Waals surface area contributed by atoms with Crippen LogP contribution in [0.2, 0.25) is 5.02 Å². The summed E-state index contributed by atoms with van der Waals surface area (Å²) in [6.07, 6.45) is 1.61. The number of hydrogen-bond donors (Lipinski definition) is 1. The van der Waals surface area contributed by atoms with Gasteiger partial charge >= 0.3 is 5.97 Å². The van der Waals surface area contributed by atoms with Gasteiger partial charge in [0.1, 0.15) is 0 Å². The van der Waals surface area contributed by atoms with Gasteiger partial charge in [0.05, 0.1) is 5.41 Å². The zero-order valence-corrected chi connectivity index (χ0v) is 13.1. The highest BCUT2D eigenvalue weighted by molar-refractivity contribution is 6.31. The predicted molar refractivity (Wildman–Crippen MR) is 81.7 cm³/mol. The van der Waals surface area contributed by atoms with Crippen molar-refractivity contribution >= 4 is 23.5 Å². The molecular formula is C16H20ClNO3. The second-order valence-electron chi connectivity index (χ2n) is 5.75. The molecule has 1 aromatic carbocycles. The minimum Gasteiger partial charge on any atom is -0.481 e. The second-order valence-corrected chi connectivity index (χ2v) is 6.18. The van der Waals surface area contributed by atoms with Crippen molar-refractivity contribution in [3.8, 4) is 0 Å². The molecule has 1 fully saturated rings. The Balaban J connectivity index is 2.11. The van der Waals surface area contributed by atoms with E-state index in [2.05, 4.69) is 0 Å². The number of amides is 1. The zero-order chi connectivity index (χ0) is 15.6. The van der Waals surface area contributed by atoms with Crippen LogP contribution in [0.5, 0.6) is 0 Å². The summed E-state index contributed by atoms with van der Waals surface area (Å²) in [5.74, 6) is -0.827. The molecule has 1 aliphatic rings. The van der Waals surface area contributed by atoms with Gasteiger partial charge in [0.25, 0.3) is 5.91 Å². The number of likely N-dealkylation sites (tertiary alicyclic amines) is 1. The fourth-order valence-corrected chi connectivity index (χ4v) is 3.19. The number of carboxylic acid groups (broad SMARTS) is 1. The van der Waals surface area contributed by atoms with Crippen LogP contribution in [0.3, 0.4) is 0 Å². The molecular weight excluding hydrogens is 290 g/mol. The molecule has 0 aliphatic carbocycles. The molecule has 5 heteroatoms. The number of benzene rings is 1. The molecule has 1 heterocycles. The average molecular weight is 310 g/mol. The fraction of sp³-hybridized carbons (Fsp3) is 0.500. The molecule has 0 saturated carbocycles. The standard InChI is InChI=1S/C16H20ClNO3/c1-3-16(15(20)21)4-6-18(7-5-16)14(19)12-8-11(2)9-13(17)10-12/h8-10H,3-7H2,1-2H3,(H,20,21). The summed E-state index contributed by atoms with van der Waals surface area (Å²) in [6.45, 7) is 4.74. The molecule has 114 valence electrons. The number of aliphatic carboxylic acids is 1. The van der Waals surface area contributed by atoms with Crippen LogP contribution >= 0.6 is 11.6 Å². The molecule has 1 N–H and O–H groups in total. The number of carbonyl (C=O) groups excluding carboxylic acids is 1. The van der Waals surface area contributed by atoms with E-state index in [1.807, 2.05) is 19.9 Å². The van der Waals surface area contributed by atoms with Gasteiger partial charge in [-0.15, -0.1) is 0 Å². The van der Waals surface area contributed by atoms with E-state index in [9.17, 15) is 14.7 Å². The lowest BCUT2D eigenvalue weighted by Crippen LogP contribution is -2.46. The number of hydrogen-bond acceptors (Lipinski definition) is 2. The van der Waals surface area contributed by atoms with Crippen LogP contribution in [0, 0.1) is 12.3 Å². The lowest BCUT2D eigenvalue weighted by Gasteiger charge is -2.38. The molecule has 0 spiro atoms. The van der Waals surface area contributed by atoms with Gasteiger partial charge in [-0.25, -0.2) is 0 Å². The van der Waals surface area contributed by atoms with Gasteiger partial charge in [-0.1, -0.05) is 18.5 Å². The van der Waals surface area contributed by atoms with Crippen LogP contribution in [-0.4, -0.2) is 35.0 Å². The first kappa shape index (κ1) is 15.8. The van der Waals surface area contributed by atoms with Crippen molar-refractivity contribution in [2.75, 3.05) is 13.1 Å². The third kappa shape index (κ3) is 3.21. The summed E-state index contributed by atoms with van der Waals surface area (Å²) in [7, 11) is 0. The van der Waals surface area contributed by atoms with E-state index in [0.717, 1.165) is 5.56 Å². The van der Waals surface area contributed by atoms with Crippen molar-refractivity contribution in [3.63, 3.8) is 0 Å². The summed E-state index contributed by atoms with van der Waals surface area (Å²) in [5, 5.41) is 9.93. The molecule has 1 aromatic rings. The minimum atomic E-state index is -0.754. The molecule has 2 rings (SSSR count). The van der Waals surface area contributed by atoms with E-state index in [4.69, 9.17) is 11.6 Å². The third-order valence-corrected chi connectivity index (χ3v) is 4.65. The average Bonchev–Trinajstić information content (AvgIpc) is 2.45. The Morgan fingerprint density at radius 3 is 2.38 bits per heavy atom. The fourth-order valence-electron chi connectivity index (χ4n) is 2.90. The van der Waals surface area contributed by atoms with E-state index in [1.54, 1.807) is 17.0 Å². The van der Waals surface area contributed by atoms with Crippen LogP contribution in [0.15, 0.2) is 18.2 Å². The molecule has 4 nitrogen and oxygen atoms in total. The van der Waals surface area contributed by atoms with Crippen LogP contribution in [0.25, 0.3) is 0 Å². The van der Waals surface area contributed by atoms with Gasteiger partial charge in [-0.3, -0.25) is 9.59 Å². The molecule has 1 aliphatic heterocycles. The third-order valence-electron chi connectivity index (χ3n) is 4.43. The van der Waals surface area contributed by atoms with Crippen LogP contribution in [0.4, 0.5) is 0 Å². The van der Waals surface area contributed by atoms with Gasteiger partial charge in [0.15, 0.2) is 0 Å². The highest BCUT2D eigenvalue weighted by atomic mass is 35.5. The maximum absolute atomic E-state index is 12.5. The van der Waals surface area contributed by atoms with Crippen LogP contribution in [0.1, 0.15) is 42.1 Å². The number of aryl methyl sites for hydroxylation is 1. The topological polar surface area (TPSA) is 57.6 Å². The van der Waals surface area contributed by atoms with Crippen molar-refractivity contribution < 1.29 is 14.7 Å². The number of carbonyl (C=O) groups is 2. The first-order valence-corrected chi connectivity index (χ1v) is 7.55. The Labute approximate surface area is 129 Å². The van der Waals surface area contributed by atoms with Crippen LogP contribution < -0.4 is 0 Å². The quantitative estimate of drug-likeness (QED) is 0.931. The Morgan fingerprint density at radius 1 is 1.29 bits per heavy atom. The second kappa shape index (κ2) is 6.06. The maximum Gasteiger partial charge on any atom is 0.309 e. The summed E-state index contributed by atoms with van der Waals surface area (Å²) < 4.78 is 0. The Morgan fingerprint density at radius 2 is 1.90 bits per heavy atom. The molecule has 0 radical (unpaired) electrons. The number of halogens is 1. The van der Waals surface area contributed by atoms with Crippen molar-refractivity contribution in [1.82, 2.24) is 4.90 Å². The van der Waals surface area contributed by atoms with E-state index in [1.165, 1.54) is 0 Å². The van der Waals surface area contributed by atoms with E-state index < -0.39 is 11.4 Å². The number of nitrogens with zero attached hydrogens (tertiary/aromatic N) is 1.